The number of hydrogen-bond donors (Lipinski definition) is 2. The number of carbonyl (C=O) groups excluding carboxylic acids is 1. The predicted molar refractivity (Wildman–Crippen MR) is 53.6 cm³/mol. The summed E-state index contributed by atoms with van der Waals surface area (Å²) in [5.74, 6) is 0. The van der Waals surface area contributed by atoms with Gasteiger partial charge in [-0.05, 0) is 18.9 Å². The smallest absolute Gasteiger partial charge is 0.166 e. The number of piperidine rings is 1. The van der Waals surface area contributed by atoms with Crippen LogP contribution in [0, 0.1) is 0 Å². The summed E-state index contributed by atoms with van der Waals surface area (Å²) >= 11 is 0. The van der Waals surface area contributed by atoms with E-state index in [0.717, 1.165) is 37.9 Å². The van der Waals surface area contributed by atoms with Gasteiger partial charge >= 0.3 is 0 Å². The van der Waals surface area contributed by atoms with E-state index in [2.05, 4.69) is 9.88 Å². The molecule has 0 radical (unpaired) electrons. The molecule has 76 valence electrons. The number of anilines is 1. The van der Waals surface area contributed by atoms with Gasteiger partial charge in [0.2, 0.25) is 0 Å². The molecule has 1 aromatic heterocycles. The Balaban J connectivity index is 2.04. The standard InChI is InChI=1S/C10H14N2O2/c13-7-8-5-9(6-11-8)12-3-1-10(14)2-4-12/h5-7,10-11,14H,1-4H2. The SMILES string of the molecule is O=Cc1cc(N2CCC(O)CC2)c[nH]1. The number of hydrogen-bond acceptors (Lipinski definition) is 3. The van der Waals surface area contributed by atoms with Gasteiger partial charge in [-0.3, -0.25) is 4.79 Å². The summed E-state index contributed by atoms with van der Waals surface area (Å²) in [5.41, 5.74) is 1.64. The quantitative estimate of drug-likeness (QED) is 0.684. The van der Waals surface area contributed by atoms with Crippen LogP contribution in [0.5, 0.6) is 0 Å². The first-order valence-corrected chi connectivity index (χ1v) is 4.86. The summed E-state index contributed by atoms with van der Waals surface area (Å²) in [6, 6.07) is 1.84. The molecule has 2 heterocycles. The average Bonchev–Trinajstić information content (AvgIpc) is 2.67. The van der Waals surface area contributed by atoms with Gasteiger partial charge in [0.25, 0.3) is 0 Å². The lowest BCUT2D eigenvalue weighted by Crippen LogP contribution is -2.35. The third kappa shape index (κ3) is 1.80. The van der Waals surface area contributed by atoms with Gasteiger partial charge in [-0.15, -0.1) is 0 Å². The van der Waals surface area contributed by atoms with Crippen LogP contribution in [0.4, 0.5) is 5.69 Å². The molecule has 1 aromatic rings. The van der Waals surface area contributed by atoms with Crippen LogP contribution in [-0.2, 0) is 0 Å². The first-order chi connectivity index (χ1) is 6.79. The molecular weight excluding hydrogens is 180 g/mol. The van der Waals surface area contributed by atoms with Crippen LogP contribution in [0.2, 0.25) is 0 Å². The Morgan fingerprint density at radius 1 is 1.50 bits per heavy atom. The number of aliphatic hydroxyl groups excluding tert-OH is 1. The van der Waals surface area contributed by atoms with Gasteiger partial charge in [0.1, 0.15) is 0 Å². The molecule has 4 nitrogen and oxygen atoms in total. The molecule has 1 aliphatic heterocycles. The molecule has 0 saturated carbocycles. The van der Waals surface area contributed by atoms with Crippen molar-refractivity contribution in [2.45, 2.75) is 18.9 Å². The first kappa shape index (κ1) is 9.27. The van der Waals surface area contributed by atoms with Crippen molar-refractivity contribution in [1.82, 2.24) is 4.98 Å². The fraction of sp³-hybridized carbons (Fsp3) is 0.500. The van der Waals surface area contributed by atoms with Crippen LogP contribution in [0.1, 0.15) is 23.3 Å². The maximum absolute atomic E-state index is 10.5. The number of aromatic amines is 1. The van der Waals surface area contributed by atoms with Crippen molar-refractivity contribution >= 4 is 12.0 Å². The predicted octanol–water partition coefficient (Wildman–Crippen LogP) is 0.788. The van der Waals surface area contributed by atoms with E-state index in [0.29, 0.717) is 5.69 Å². The molecule has 0 amide bonds. The van der Waals surface area contributed by atoms with Gasteiger partial charge < -0.3 is 15.0 Å². The van der Waals surface area contributed by atoms with Crippen molar-refractivity contribution in [2.75, 3.05) is 18.0 Å². The van der Waals surface area contributed by atoms with Gasteiger partial charge in [-0.25, -0.2) is 0 Å². The summed E-state index contributed by atoms with van der Waals surface area (Å²) < 4.78 is 0. The van der Waals surface area contributed by atoms with Crippen molar-refractivity contribution < 1.29 is 9.90 Å². The largest absolute Gasteiger partial charge is 0.393 e. The lowest BCUT2D eigenvalue weighted by molar-refractivity contribution is 0.111. The highest BCUT2D eigenvalue weighted by Gasteiger charge is 2.17. The minimum absolute atomic E-state index is 0.157. The van der Waals surface area contributed by atoms with Gasteiger partial charge in [0.15, 0.2) is 6.29 Å². The van der Waals surface area contributed by atoms with E-state index in [-0.39, 0.29) is 6.10 Å². The van der Waals surface area contributed by atoms with Crippen molar-refractivity contribution in [3.63, 3.8) is 0 Å². The van der Waals surface area contributed by atoms with Gasteiger partial charge in [0, 0.05) is 19.3 Å². The minimum Gasteiger partial charge on any atom is -0.393 e. The summed E-state index contributed by atoms with van der Waals surface area (Å²) in [4.78, 5) is 15.5. The zero-order valence-electron chi connectivity index (χ0n) is 7.94. The number of H-pyrrole nitrogens is 1. The van der Waals surface area contributed by atoms with E-state index in [1.165, 1.54) is 0 Å². The fourth-order valence-electron chi connectivity index (χ4n) is 1.77. The molecule has 1 fully saturated rings. The van der Waals surface area contributed by atoms with Gasteiger partial charge in [-0.1, -0.05) is 0 Å². The van der Waals surface area contributed by atoms with Crippen LogP contribution < -0.4 is 4.90 Å². The Bertz CT molecular complexity index is 314. The number of aldehydes is 1. The fourth-order valence-corrected chi connectivity index (χ4v) is 1.77. The number of nitrogens with one attached hydrogen (secondary N) is 1. The topological polar surface area (TPSA) is 56.3 Å². The Hall–Kier alpha value is -1.29. The van der Waals surface area contributed by atoms with Crippen LogP contribution in [0.25, 0.3) is 0 Å². The molecule has 1 aliphatic rings. The highest BCUT2D eigenvalue weighted by atomic mass is 16.3. The van der Waals surface area contributed by atoms with Crippen LogP contribution in [0.3, 0.4) is 0 Å². The number of carbonyl (C=O) groups is 1. The summed E-state index contributed by atoms with van der Waals surface area (Å²) in [7, 11) is 0. The molecule has 2 N–H and O–H groups in total. The Labute approximate surface area is 82.5 Å². The third-order valence-corrected chi connectivity index (χ3v) is 2.65. The summed E-state index contributed by atoms with van der Waals surface area (Å²) in [5, 5.41) is 9.33. The lowest BCUT2D eigenvalue weighted by Gasteiger charge is -2.30. The number of aromatic nitrogens is 1. The monoisotopic (exact) mass is 194 g/mol. The van der Waals surface area contributed by atoms with E-state index >= 15 is 0 Å². The van der Waals surface area contributed by atoms with E-state index in [4.69, 9.17) is 0 Å². The average molecular weight is 194 g/mol. The molecule has 14 heavy (non-hydrogen) atoms. The number of rotatable bonds is 2. The van der Waals surface area contributed by atoms with E-state index < -0.39 is 0 Å². The second-order valence-corrected chi connectivity index (χ2v) is 3.65. The second kappa shape index (κ2) is 3.84. The zero-order chi connectivity index (χ0) is 9.97. The molecule has 0 atom stereocenters. The van der Waals surface area contributed by atoms with E-state index in [9.17, 15) is 9.90 Å². The Morgan fingerprint density at radius 2 is 2.21 bits per heavy atom. The van der Waals surface area contributed by atoms with E-state index in [1.807, 2.05) is 12.3 Å². The molecule has 1 saturated heterocycles. The molecule has 2 rings (SSSR count). The first-order valence-electron chi connectivity index (χ1n) is 4.86. The molecular formula is C10H14N2O2. The molecule has 0 aromatic carbocycles. The zero-order valence-corrected chi connectivity index (χ0v) is 7.94. The maximum Gasteiger partial charge on any atom is 0.166 e. The van der Waals surface area contributed by atoms with Crippen molar-refractivity contribution in [1.29, 1.82) is 0 Å². The lowest BCUT2D eigenvalue weighted by atomic mass is 10.1. The molecule has 4 heteroatoms. The van der Waals surface area contributed by atoms with Crippen molar-refractivity contribution in [3.8, 4) is 0 Å². The van der Waals surface area contributed by atoms with Crippen LogP contribution in [0.15, 0.2) is 12.3 Å². The summed E-state index contributed by atoms with van der Waals surface area (Å²) in [6.07, 6.45) is 4.10. The second-order valence-electron chi connectivity index (χ2n) is 3.65. The minimum atomic E-state index is -0.157. The molecule has 0 bridgehead atoms. The summed E-state index contributed by atoms with van der Waals surface area (Å²) in [6.45, 7) is 1.72. The molecule has 0 unspecified atom stereocenters. The van der Waals surface area contributed by atoms with E-state index in [1.54, 1.807) is 0 Å². The molecule has 0 aliphatic carbocycles. The van der Waals surface area contributed by atoms with Gasteiger partial charge in [-0.2, -0.15) is 0 Å². The van der Waals surface area contributed by atoms with Crippen molar-refractivity contribution in [3.05, 3.63) is 18.0 Å². The number of aliphatic hydroxyl groups is 1. The van der Waals surface area contributed by atoms with Crippen molar-refractivity contribution in [2.24, 2.45) is 0 Å². The van der Waals surface area contributed by atoms with Gasteiger partial charge in [0.05, 0.1) is 17.5 Å². The third-order valence-electron chi connectivity index (χ3n) is 2.65. The Morgan fingerprint density at radius 3 is 2.79 bits per heavy atom. The van der Waals surface area contributed by atoms with Crippen LogP contribution in [-0.4, -0.2) is 35.6 Å². The normalized spacial score (nSPS) is 18.5. The Kier molecular flexibility index (Phi) is 2.54. The number of nitrogens with zero attached hydrogens (tertiary/aromatic N) is 1. The molecule has 0 spiro atoms. The van der Waals surface area contributed by atoms with Crippen LogP contribution >= 0.6 is 0 Å². The highest BCUT2D eigenvalue weighted by Crippen LogP contribution is 2.20. The maximum atomic E-state index is 10.5. The highest BCUT2D eigenvalue weighted by molar-refractivity contribution is 5.74.